The zero-order chi connectivity index (χ0) is 8.27. The SMILES string of the molecule is CNc1ccccc1C(=O)[O-]. The predicted molar refractivity (Wildman–Crippen MR) is 40.3 cm³/mol. The van der Waals surface area contributed by atoms with Gasteiger partial charge in [-0.3, -0.25) is 0 Å². The van der Waals surface area contributed by atoms with E-state index in [2.05, 4.69) is 5.32 Å². The number of anilines is 1. The van der Waals surface area contributed by atoms with E-state index in [9.17, 15) is 9.90 Å². The van der Waals surface area contributed by atoms with Gasteiger partial charge < -0.3 is 15.2 Å². The Morgan fingerprint density at radius 1 is 1.45 bits per heavy atom. The Balaban J connectivity index is 3.12. The highest BCUT2D eigenvalue weighted by Gasteiger charge is 1.97. The summed E-state index contributed by atoms with van der Waals surface area (Å²) in [5, 5.41) is 13.2. The van der Waals surface area contributed by atoms with Gasteiger partial charge in [-0.05, 0) is 6.07 Å². The molecular formula is C8H8NO2-. The third-order valence-corrected chi connectivity index (χ3v) is 1.42. The van der Waals surface area contributed by atoms with E-state index in [0.717, 1.165) is 0 Å². The summed E-state index contributed by atoms with van der Waals surface area (Å²) in [6.07, 6.45) is 0. The molecule has 0 aromatic heterocycles. The monoisotopic (exact) mass is 150 g/mol. The van der Waals surface area contributed by atoms with Crippen LogP contribution in [0.3, 0.4) is 0 Å². The van der Waals surface area contributed by atoms with Crippen LogP contribution in [0.1, 0.15) is 10.4 Å². The molecule has 0 unspecified atom stereocenters. The molecule has 0 amide bonds. The number of benzene rings is 1. The molecule has 0 aliphatic carbocycles. The quantitative estimate of drug-likeness (QED) is 0.650. The summed E-state index contributed by atoms with van der Waals surface area (Å²) in [7, 11) is 1.67. The number of hydrogen-bond acceptors (Lipinski definition) is 3. The van der Waals surface area contributed by atoms with E-state index in [4.69, 9.17) is 0 Å². The van der Waals surface area contributed by atoms with E-state index in [-0.39, 0.29) is 5.56 Å². The molecule has 0 bridgehead atoms. The van der Waals surface area contributed by atoms with Gasteiger partial charge in [0, 0.05) is 18.3 Å². The number of carbonyl (C=O) groups is 1. The Morgan fingerprint density at radius 2 is 2.09 bits per heavy atom. The van der Waals surface area contributed by atoms with E-state index in [0.29, 0.717) is 5.69 Å². The van der Waals surface area contributed by atoms with Gasteiger partial charge in [-0.2, -0.15) is 0 Å². The minimum absolute atomic E-state index is 0.190. The molecule has 0 spiro atoms. The molecular weight excluding hydrogens is 142 g/mol. The summed E-state index contributed by atoms with van der Waals surface area (Å²) < 4.78 is 0. The number of nitrogens with one attached hydrogen (secondary N) is 1. The van der Waals surface area contributed by atoms with Crippen molar-refractivity contribution in [1.29, 1.82) is 0 Å². The van der Waals surface area contributed by atoms with Crippen molar-refractivity contribution in [2.45, 2.75) is 0 Å². The Bertz CT molecular complexity index is 271. The summed E-state index contributed by atoms with van der Waals surface area (Å²) in [5.41, 5.74) is 0.766. The minimum Gasteiger partial charge on any atom is -0.545 e. The summed E-state index contributed by atoms with van der Waals surface area (Å²) in [4.78, 5) is 10.4. The first-order chi connectivity index (χ1) is 5.25. The fourth-order valence-electron chi connectivity index (χ4n) is 0.879. The molecule has 0 aliphatic rings. The van der Waals surface area contributed by atoms with Crippen molar-refractivity contribution in [3.05, 3.63) is 29.8 Å². The number of carbonyl (C=O) groups excluding carboxylic acids is 1. The van der Waals surface area contributed by atoms with Gasteiger partial charge in [-0.1, -0.05) is 18.2 Å². The number of rotatable bonds is 2. The second-order valence-electron chi connectivity index (χ2n) is 2.08. The molecule has 58 valence electrons. The van der Waals surface area contributed by atoms with Crippen LogP contribution >= 0.6 is 0 Å². The van der Waals surface area contributed by atoms with Gasteiger partial charge in [0.2, 0.25) is 0 Å². The summed E-state index contributed by atoms with van der Waals surface area (Å²) in [6, 6.07) is 6.61. The Morgan fingerprint density at radius 3 is 2.55 bits per heavy atom. The molecule has 0 atom stereocenters. The maximum atomic E-state index is 10.4. The average molecular weight is 150 g/mol. The lowest BCUT2D eigenvalue weighted by Crippen LogP contribution is -2.23. The topological polar surface area (TPSA) is 52.2 Å². The molecule has 0 radical (unpaired) electrons. The van der Waals surface area contributed by atoms with Crippen LogP contribution in [0.25, 0.3) is 0 Å². The van der Waals surface area contributed by atoms with Crippen molar-refractivity contribution in [3.8, 4) is 0 Å². The van der Waals surface area contributed by atoms with Gasteiger partial charge in [0.15, 0.2) is 0 Å². The van der Waals surface area contributed by atoms with Gasteiger partial charge in [0.25, 0.3) is 0 Å². The molecule has 1 N–H and O–H groups in total. The van der Waals surface area contributed by atoms with Crippen LogP contribution < -0.4 is 10.4 Å². The third-order valence-electron chi connectivity index (χ3n) is 1.42. The Hall–Kier alpha value is -1.51. The molecule has 11 heavy (non-hydrogen) atoms. The van der Waals surface area contributed by atoms with Crippen molar-refractivity contribution in [1.82, 2.24) is 0 Å². The largest absolute Gasteiger partial charge is 0.545 e. The van der Waals surface area contributed by atoms with Crippen LogP contribution in [0, 0.1) is 0 Å². The fraction of sp³-hybridized carbons (Fsp3) is 0.125. The van der Waals surface area contributed by atoms with E-state index in [1.54, 1.807) is 25.2 Å². The van der Waals surface area contributed by atoms with Gasteiger partial charge in [-0.15, -0.1) is 0 Å². The average Bonchev–Trinajstić information content (AvgIpc) is 2.04. The summed E-state index contributed by atoms with van der Waals surface area (Å²) in [6.45, 7) is 0. The van der Waals surface area contributed by atoms with Gasteiger partial charge in [-0.25, -0.2) is 0 Å². The van der Waals surface area contributed by atoms with Gasteiger partial charge in [0.05, 0.1) is 5.97 Å². The van der Waals surface area contributed by atoms with Gasteiger partial charge >= 0.3 is 0 Å². The zero-order valence-corrected chi connectivity index (χ0v) is 6.13. The highest BCUT2D eigenvalue weighted by atomic mass is 16.4. The van der Waals surface area contributed by atoms with Crippen LogP contribution in [0.15, 0.2) is 24.3 Å². The van der Waals surface area contributed by atoms with Crippen LogP contribution in [0.5, 0.6) is 0 Å². The summed E-state index contributed by atoms with van der Waals surface area (Å²) in [5.74, 6) is -1.16. The predicted octanol–water partition coefficient (Wildman–Crippen LogP) is 0.0918. The molecule has 3 nitrogen and oxygen atoms in total. The second-order valence-corrected chi connectivity index (χ2v) is 2.08. The molecule has 0 saturated carbocycles. The number of aromatic carboxylic acids is 1. The molecule has 0 fully saturated rings. The molecule has 1 aromatic rings. The van der Waals surface area contributed by atoms with Crippen molar-refractivity contribution in [2.24, 2.45) is 0 Å². The number of carboxylic acid groups (broad SMARTS) is 1. The van der Waals surface area contributed by atoms with Crippen LogP contribution in [-0.4, -0.2) is 13.0 Å². The maximum absolute atomic E-state index is 10.4. The lowest BCUT2D eigenvalue weighted by molar-refractivity contribution is -0.254. The molecule has 0 heterocycles. The maximum Gasteiger partial charge on any atom is 0.0736 e. The third kappa shape index (κ3) is 1.49. The molecule has 1 aromatic carbocycles. The molecule has 3 heteroatoms. The number of carboxylic acids is 1. The van der Waals surface area contributed by atoms with Crippen molar-refractivity contribution in [3.63, 3.8) is 0 Å². The first-order valence-corrected chi connectivity index (χ1v) is 3.24. The number of para-hydroxylation sites is 1. The van der Waals surface area contributed by atoms with E-state index in [1.807, 2.05) is 0 Å². The van der Waals surface area contributed by atoms with E-state index in [1.165, 1.54) is 6.07 Å². The van der Waals surface area contributed by atoms with E-state index >= 15 is 0 Å². The number of hydrogen-bond donors (Lipinski definition) is 1. The second kappa shape index (κ2) is 3.05. The van der Waals surface area contributed by atoms with Crippen LogP contribution in [0.2, 0.25) is 0 Å². The minimum atomic E-state index is -1.16. The molecule has 1 rings (SSSR count). The Labute approximate surface area is 64.7 Å². The highest BCUT2D eigenvalue weighted by molar-refractivity contribution is 5.92. The molecule has 0 aliphatic heterocycles. The zero-order valence-electron chi connectivity index (χ0n) is 6.13. The van der Waals surface area contributed by atoms with Crippen LogP contribution in [0.4, 0.5) is 5.69 Å². The lowest BCUT2D eigenvalue weighted by atomic mass is 10.2. The normalized spacial score (nSPS) is 9.18. The standard InChI is InChI=1S/C8H9NO2/c1-9-7-5-3-2-4-6(7)8(10)11/h2-5,9H,1H3,(H,10,11)/p-1. The van der Waals surface area contributed by atoms with E-state index < -0.39 is 5.97 Å². The Kier molecular flexibility index (Phi) is 2.11. The molecule has 0 saturated heterocycles. The van der Waals surface area contributed by atoms with Crippen molar-refractivity contribution in [2.75, 3.05) is 12.4 Å². The van der Waals surface area contributed by atoms with Crippen LogP contribution in [-0.2, 0) is 0 Å². The summed E-state index contributed by atoms with van der Waals surface area (Å²) >= 11 is 0. The van der Waals surface area contributed by atoms with Crippen molar-refractivity contribution < 1.29 is 9.90 Å². The lowest BCUT2D eigenvalue weighted by Gasteiger charge is -2.08. The van der Waals surface area contributed by atoms with Crippen molar-refractivity contribution >= 4 is 11.7 Å². The first kappa shape index (κ1) is 7.60. The fourth-order valence-corrected chi connectivity index (χ4v) is 0.879. The first-order valence-electron chi connectivity index (χ1n) is 3.24. The highest BCUT2D eigenvalue weighted by Crippen LogP contribution is 2.12. The van der Waals surface area contributed by atoms with Gasteiger partial charge in [0.1, 0.15) is 0 Å². The smallest absolute Gasteiger partial charge is 0.0736 e.